The topological polar surface area (TPSA) is 0 Å². The van der Waals surface area contributed by atoms with Gasteiger partial charge in [-0.15, -0.1) is 11.3 Å². The lowest BCUT2D eigenvalue weighted by Crippen LogP contribution is -1.71. The third-order valence-corrected chi connectivity index (χ3v) is 3.89. The van der Waals surface area contributed by atoms with E-state index in [2.05, 4.69) is 46.5 Å². The summed E-state index contributed by atoms with van der Waals surface area (Å²) in [5.41, 5.74) is 2.64. The van der Waals surface area contributed by atoms with Crippen LogP contribution in [0.3, 0.4) is 0 Å². The number of rotatable bonds is 1. The van der Waals surface area contributed by atoms with E-state index in [0.717, 1.165) is 0 Å². The van der Waals surface area contributed by atoms with Crippen molar-refractivity contribution in [1.82, 2.24) is 0 Å². The van der Waals surface area contributed by atoms with Crippen LogP contribution in [0.5, 0.6) is 0 Å². The fourth-order valence-electron chi connectivity index (χ4n) is 1.57. The molecule has 0 amide bonds. The summed E-state index contributed by atoms with van der Waals surface area (Å²) >= 11 is 3.54. The summed E-state index contributed by atoms with van der Waals surface area (Å²) in [4.78, 5) is 0. The van der Waals surface area contributed by atoms with Crippen molar-refractivity contribution in [3.63, 3.8) is 0 Å². The second-order valence-electron chi connectivity index (χ2n) is 3.19. The SMILES string of the molecule is c1cc(-c2ccc3sccc3c2)cs1. The normalized spacial score (nSPS) is 10.9. The second kappa shape index (κ2) is 3.23. The first-order valence-electron chi connectivity index (χ1n) is 4.43. The smallest absolute Gasteiger partial charge is 0.0343 e. The molecule has 0 radical (unpaired) electrons. The van der Waals surface area contributed by atoms with E-state index in [-0.39, 0.29) is 0 Å². The van der Waals surface area contributed by atoms with Gasteiger partial charge in [0, 0.05) is 4.70 Å². The summed E-state index contributed by atoms with van der Waals surface area (Å²) in [6.07, 6.45) is 0. The Hall–Kier alpha value is -1.12. The summed E-state index contributed by atoms with van der Waals surface area (Å²) in [6.45, 7) is 0. The number of hydrogen-bond acceptors (Lipinski definition) is 2. The van der Waals surface area contributed by atoms with Gasteiger partial charge >= 0.3 is 0 Å². The molecule has 0 N–H and O–H groups in total. The molecule has 0 nitrogen and oxygen atoms in total. The van der Waals surface area contributed by atoms with Crippen molar-refractivity contribution in [2.45, 2.75) is 0 Å². The van der Waals surface area contributed by atoms with Crippen LogP contribution in [0.15, 0.2) is 46.5 Å². The van der Waals surface area contributed by atoms with Crippen LogP contribution >= 0.6 is 22.7 Å². The quantitative estimate of drug-likeness (QED) is 0.556. The monoisotopic (exact) mass is 216 g/mol. The van der Waals surface area contributed by atoms with Crippen molar-refractivity contribution in [2.24, 2.45) is 0 Å². The Kier molecular flexibility index (Phi) is 1.89. The van der Waals surface area contributed by atoms with Gasteiger partial charge in [-0.3, -0.25) is 0 Å². The molecular weight excluding hydrogens is 208 g/mol. The van der Waals surface area contributed by atoms with E-state index in [1.807, 2.05) is 0 Å². The van der Waals surface area contributed by atoms with E-state index in [9.17, 15) is 0 Å². The van der Waals surface area contributed by atoms with Gasteiger partial charge in [-0.25, -0.2) is 0 Å². The molecule has 68 valence electrons. The van der Waals surface area contributed by atoms with Crippen LogP contribution in [-0.2, 0) is 0 Å². The van der Waals surface area contributed by atoms with E-state index in [1.165, 1.54) is 21.2 Å². The molecule has 0 aliphatic heterocycles. The van der Waals surface area contributed by atoms with Gasteiger partial charge in [0.15, 0.2) is 0 Å². The van der Waals surface area contributed by atoms with Crippen LogP contribution < -0.4 is 0 Å². The Bertz CT molecular complexity index is 546. The third-order valence-electron chi connectivity index (χ3n) is 2.31. The van der Waals surface area contributed by atoms with Crippen molar-refractivity contribution in [3.8, 4) is 11.1 Å². The fraction of sp³-hybridized carbons (Fsp3) is 0. The van der Waals surface area contributed by atoms with E-state index >= 15 is 0 Å². The minimum absolute atomic E-state index is 1.32. The highest BCUT2D eigenvalue weighted by Crippen LogP contribution is 2.28. The maximum atomic E-state index is 2.26. The summed E-state index contributed by atoms with van der Waals surface area (Å²) in [5, 5.41) is 7.79. The van der Waals surface area contributed by atoms with Crippen molar-refractivity contribution < 1.29 is 0 Å². The van der Waals surface area contributed by atoms with Gasteiger partial charge in [0.2, 0.25) is 0 Å². The molecule has 0 spiro atoms. The van der Waals surface area contributed by atoms with Crippen molar-refractivity contribution >= 4 is 32.8 Å². The standard InChI is InChI=1S/C12H8S2/c1-2-12-10(4-6-14-12)7-9(1)11-3-5-13-8-11/h1-8H. The molecule has 0 aliphatic rings. The molecule has 0 saturated carbocycles. The van der Waals surface area contributed by atoms with Gasteiger partial charge in [0.25, 0.3) is 0 Å². The maximum Gasteiger partial charge on any atom is 0.0343 e. The lowest BCUT2D eigenvalue weighted by atomic mass is 10.1. The molecule has 0 bridgehead atoms. The predicted molar refractivity (Wildman–Crippen MR) is 65.1 cm³/mol. The van der Waals surface area contributed by atoms with Gasteiger partial charge < -0.3 is 0 Å². The molecule has 0 aliphatic carbocycles. The first-order chi connectivity index (χ1) is 6.93. The van der Waals surface area contributed by atoms with Gasteiger partial charge in [0.1, 0.15) is 0 Å². The summed E-state index contributed by atoms with van der Waals surface area (Å²) in [6, 6.07) is 11.0. The molecule has 1 aromatic carbocycles. The average Bonchev–Trinajstić information content (AvgIpc) is 2.88. The van der Waals surface area contributed by atoms with E-state index in [1.54, 1.807) is 22.7 Å². The molecular formula is C12H8S2. The minimum atomic E-state index is 1.32. The molecule has 0 unspecified atom stereocenters. The fourth-order valence-corrected chi connectivity index (χ4v) is 3.01. The molecule has 2 aromatic heterocycles. The second-order valence-corrected chi connectivity index (χ2v) is 4.91. The maximum absolute atomic E-state index is 2.26. The molecule has 2 heterocycles. The van der Waals surface area contributed by atoms with Crippen molar-refractivity contribution in [2.75, 3.05) is 0 Å². The highest BCUT2D eigenvalue weighted by Gasteiger charge is 2.00. The van der Waals surface area contributed by atoms with Crippen LogP contribution in [0.25, 0.3) is 21.2 Å². The number of thiophene rings is 2. The van der Waals surface area contributed by atoms with E-state index in [0.29, 0.717) is 0 Å². The summed E-state index contributed by atoms with van der Waals surface area (Å²) in [7, 11) is 0. The Balaban J connectivity index is 2.23. The lowest BCUT2D eigenvalue weighted by Gasteiger charge is -1.97. The molecule has 2 heteroatoms. The van der Waals surface area contributed by atoms with Gasteiger partial charge in [-0.05, 0) is 56.9 Å². The first kappa shape index (κ1) is 8.21. The largest absolute Gasteiger partial charge is 0.152 e. The molecule has 0 atom stereocenters. The summed E-state index contributed by atoms with van der Waals surface area (Å²) < 4.78 is 1.36. The molecule has 3 rings (SSSR count). The summed E-state index contributed by atoms with van der Waals surface area (Å²) in [5.74, 6) is 0. The van der Waals surface area contributed by atoms with Crippen LogP contribution in [0, 0.1) is 0 Å². The number of benzene rings is 1. The zero-order valence-electron chi connectivity index (χ0n) is 7.44. The average molecular weight is 216 g/mol. The van der Waals surface area contributed by atoms with E-state index in [4.69, 9.17) is 0 Å². The zero-order valence-corrected chi connectivity index (χ0v) is 9.07. The van der Waals surface area contributed by atoms with Crippen LogP contribution in [-0.4, -0.2) is 0 Å². The molecule has 0 saturated heterocycles. The Morgan fingerprint density at radius 3 is 2.71 bits per heavy atom. The molecule has 0 fully saturated rings. The molecule has 3 aromatic rings. The van der Waals surface area contributed by atoms with Crippen LogP contribution in [0.4, 0.5) is 0 Å². The Morgan fingerprint density at radius 2 is 1.86 bits per heavy atom. The van der Waals surface area contributed by atoms with Crippen LogP contribution in [0.2, 0.25) is 0 Å². The zero-order chi connectivity index (χ0) is 9.38. The number of hydrogen-bond donors (Lipinski definition) is 0. The predicted octanol–water partition coefficient (Wildman–Crippen LogP) is 4.63. The first-order valence-corrected chi connectivity index (χ1v) is 6.25. The third kappa shape index (κ3) is 1.27. The Labute approximate surface area is 90.5 Å². The van der Waals surface area contributed by atoms with Gasteiger partial charge in [-0.1, -0.05) is 6.07 Å². The molecule has 14 heavy (non-hydrogen) atoms. The van der Waals surface area contributed by atoms with Crippen molar-refractivity contribution in [1.29, 1.82) is 0 Å². The Morgan fingerprint density at radius 1 is 0.857 bits per heavy atom. The lowest BCUT2D eigenvalue weighted by molar-refractivity contribution is 1.76. The van der Waals surface area contributed by atoms with Crippen molar-refractivity contribution in [3.05, 3.63) is 46.5 Å². The van der Waals surface area contributed by atoms with Gasteiger partial charge in [-0.2, -0.15) is 11.3 Å². The van der Waals surface area contributed by atoms with Gasteiger partial charge in [0.05, 0.1) is 0 Å². The number of fused-ring (bicyclic) bond motifs is 1. The highest BCUT2D eigenvalue weighted by molar-refractivity contribution is 7.17. The van der Waals surface area contributed by atoms with E-state index < -0.39 is 0 Å². The van der Waals surface area contributed by atoms with Crippen LogP contribution in [0.1, 0.15) is 0 Å². The highest BCUT2D eigenvalue weighted by atomic mass is 32.1. The minimum Gasteiger partial charge on any atom is -0.152 e.